The zero-order chi connectivity index (χ0) is 15.0. The molecule has 0 aromatic heterocycles. The number of rotatable bonds is 3. The van der Waals surface area contributed by atoms with E-state index in [1.807, 2.05) is 24.3 Å². The average molecular weight is 283 g/mol. The fraction of sp³-hybridized carbons (Fsp3) is 0.176. The molecule has 3 nitrogen and oxygen atoms in total. The molecule has 4 heteroatoms. The first kappa shape index (κ1) is 13.5. The van der Waals surface area contributed by atoms with Crippen LogP contribution in [0, 0.1) is 5.82 Å². The molecule has 1 amide bonds. The van der Waals surface area contributed by atoms with Gasteiger partial charge in [-0.15, -0.1) is 0 Å². The molecule has 106 valence electrons. The maximum atomic E-state index is 14.0. The van der Waals surface area contributed by atoms with Crippen LogP contribution in [-0.4, -0.2) is 11.7 Å². The van der Waals surface area contributed by atoms with E-state index >= 15 is 0 Å². The molecule has 0 saturated heterocycles. The van der Waals surface area contributed by atoms with E-state index in [1.54, 1.807) is 0 Å². The smallest absolute Gasteiger partial charge is 0.298 e. The number of hydrogen-bond donors (Lipinski definition) is 0. The SMILES string of the molecule is CCc1ccc(CN2C(=O)C(=O)c3cccc(F)c32)cc1. The molecule has 0 radical (unpaired) electrons. The molecule has 1 aliphatic heterocycles. The Morgan fingerprint density at radius 3 is 2.33 bits per heavy atom. The minimum Gasteiger partial charge on any atom is -0.298 e. The van der Waals surface area contributed by atoms with Crippen molar-refractivity contribution in [2.45, 2.75) is 19.9 Å². The van der Waals surface area contributed by atoms with Crippen molar-refractivity contribution in [3.05, 3.63) is 65.0 Å². The number of Topliss-reactive ketones (excluding diaryl/α,β-unsaturated/α-hetero) is 1. The molecule has 0 unspecified atom stereocenters. The number of carbonyl (C=O) groups excluding carboxylic acids is 2. The predicted octanol–water partition coefficient (Wildman–Crippen LogP) is 3.12. The summed E-state index contributed by atoms with van der Waals surface area (Å²) in [5.74, 6) is -1.86. The van der Waals surface area contributed by atoms with Crippen LogP contribution in [0.25, 0.3) is 0 Å². The maximum absolute atomic E-state index is 14.0. The molecule has 0 fully saturated rings. The van der Waals surface area contributed by atoms with Crippen LogP contribution in [0.3, 0.4) is 0 Å². The lowest BCUT2D eigenvalue weighted by Gasteiger charge is -2.17. The Labute approximate surface area is 122 Å². The standard InChI is InChI=1S/C17H14FNO2/c1-2-11-6-8-12(9-7-11)10-19-15-13(16(20)17(19)21)4-3-5-14(15)18/h3-9H,2,10H2,1H3. The van der Waals surface area contributed by atoms with E-state index in [2.05, 4.69) is 6.92 Å². The molecule has 0 bridgehead atoms. The number of halogens is 1. The Bertz CT molecular complexity index is 722. The van der Waals surface area contributed by atoms with Crippen molar-refractivity contribution in [2.24, 2.45) is 0 Å². The third kappa shape index (κ3) is 2.23. The lowest BCUT2D eigenvalue weighted by Crippen LogP contribution is -2.29. The van der Waals surface area contributed by atoms with E-state index in [0.29, 0.717) is 0 Å². The highest BCUT2D eigenvalue weighted by molar-refractivity contribution is 6.52. The highest BCUT2D eigenvalue weighted by atomic mass is 19.1. The van der Waals surface area contributed by atoms with E-state index in [0.717, 1.165) is 12.0 Å². The minimum absolute atomic E-state index is 0.0899. The second-order valence-corrected chi connectivity index (χ2v) is 5.03. The summed E-state index contributed by atoms with van der Waals surface area (Å²) in [4.78, 5) is 25.2. The van der Waals surface area contributed by atoms with Crippen molar-refractivity contribution < 1.29 is 14.0 Å². The number of amides is 1. The summed E-state index contributed by atoms with van der Waals surface area (Å²) < 4.78 is 14.0. The fourth-order valence-corrected chi connectivity index (χ4v) is 2.53. The molecule has 3 rings (SSSR count). The fourth-order valence-electron chi connectivity index (χ4n) is 2.53. The average Bonchev–Trinajstić information content (AvgIpc) is 2.74. The Hall–Kier alpha value is -2.49. The number of ketones is 1. The van der Waals surface area contributed by atoms with Crippen molar-refractivity contribution in [1.29, 1.82) is 0 Å². The van der Waals surface area contributed by atoms with Gasteiger partial charge >= 0.3 is 0 Å². The first-order chi connectivity index (χ1) is 10.1. The first-order valence-corrected chi connectivity index (χ1v) is 6.84. The number of hydrogen-bond acceptors (Lipinski definition) is 2. The maximum Gasteiger partial charge on any atom is 0.299 e. The van der Waals surface area contributed by atoms with Gasteiger partial charge in [0.1, 0.15) is 5.82 Å². The van der Waals surface area contributed by atoms with Crippen molar-refractivity contribution >= 4 is 17.4 Å². The lowest BCUT2D eigenvalue weighted by atomic mass is 10.1. The van der Waals surface area contributed by atoms with Gasteiger partial charge in [0.15, 0.2) is 0 Å². The summed E-state index contributed by atoms with van der Waals surface area (Å²) in [5.41, 5.74) is 2.29. The number of aryl methyl sites for hydroxylation is 1. The van der Waals surface area contributed by atoms with Crippen LogP contribution in [0.15, 0.2) is 42.5 Å². The van der Waals surface area contributed by atoms with Crippen LogP contribution in [0.1, 0.15) is 28.4 Å². The largest absolute Gasteiger partial charge is 0.299 e. The molecule has 0 atom stereocenters. The third-order valence-electron chi connectivity index (χ3n) is 3.71. The van der Waals surface area contributed by atoms with Gasteiger partial charge in [0.05, 0.1) is 17.8 Å². The second-order valence-electron chi connectivity index (χ2n) is 5.03. The Morgan fingerprint density at radius 2 is 1.67 bits per heavy atom. The van der Waals surface area contributed by atoms with Crippen LogP contribution in [0.4, 0.5) is 10.1 Å². The summed E-state index contributed by atoms with van der Waals surface area (Å²) in [6, 6.07) is 11.9. The van der Waals surface area contributed by atoms with E-state index in [1.165, 1.54) is 28.7 Å². The number of para-hydroxylation sites is 1. The van der Waals surface area contributed by atoms with Crippen LogP contribution in [-0.2, 0) is 17.8 Å². The second kappa shape index (κ2) is 5.13. The van der Waals surface area contributed by atoms with Gasteiger partial charge in [-0.1, -0.05) is 37.3 Å². The van der Waals surface area contributed by atoms with E-state index in [9.17, 15) is 14.0 Å². The number of fused-ring (bicyclic) bond motifs is 1. The zero-order valence-electron chi connectivity index (χ0n) is 11.6. The molecule has 1 aliphatic rings. The predicted molar refractivity (Wildman–Crippen MR) is 77.7 cm³/mol. The van der Waals surface area contributed by atoms with Crippen LogP contribution >= 0.6 is 0 Å². The van der Waals surface area contributed by atoms with Gasteiger partial charge < -0.3 is 0 Å². The summed E-state index contributed by atoms with van der Waals surface area (Å²) in [6.07, 6.45) is 0.929. The number of anilines is 1. The minimum atomic E-state index is -0.672. The summed E-state index contributed by atoms with van der Waals surface area (Å²) in [5, 5.41) is 0. The summed E-state index contributed by atoms with van der Waals surface area (Å²) in [6.45, 7) is 2.26. The van der Waals surface area contributed by atoms with E-state index in [-0.39, 0.29) is 17.8 Å². The summed E-state index contributed by atoms with van der Waals surface area (Å²) >= 11 is 0. The molecule has 0 N–H and O–H groups in total. The van der Waals surface area contributed by atoms with E-state index in [4.69, 9.17) is 0 Å². The number of benzene rings is 2. The zero-order valence-corrected chi connectivity index (χ0v) is 11.6. The van der Waals surface area contributed by atoms with Crippen LogP contribution < -0.4 is 4.90 Å². The molecule has 2 aromatic carbocycles. The monoisotopic (exact) mass is 283 g/mol. The van der Waals surface area contributed by atoms with Crippen molar-refractivity contribution in [3.63, 3.8) is 0 Å². The molecule has 1 heterocycles. The molecule has 2 aromatic rings. The highest BCUT2D eigenvalue weighted by Crippen LogP contribution is 2.32. The van der Waals surface area contributed by atoms with Gasteiger partial charge in [-0.25, -0.2) is 4.39 Å². The van der Waals surface area contributed by atoms with Crippen molar-refractivity contribution in [3.8, 4) is 0 Å². The van der Waals surface area contributed by atoms with Gasteiger partial charge in [-0.3, -0.25) is 14.5 Å². The Kier molecular flexibility index (Phi) is 3.29. The van der Waals surface area contributed by atoms with Crippen molar-refractivity contribution in [2.75, 3.05) is 4.90 Å². The van der Waals surface area contributed by atoms with Gasteiger partial charge in [-0.05, 0) is 29.7 Å². The van der Waals surface area contributed by atoms with Gasteiger partial charge in [-0.2, -0.15) is 0 Å². The lowest BCUT2D eigenvalue weighted by molar-refractivity contribution is -0.114. The van der Waals surface area contributed by atoms with Crippen LogP contribution in [0.5, 0.6) is 0 Å². The molecule has 21 heavy (non-hydrogen) atoms. The van der Waals surface area contributed by atoms with Gasteiger partial charge in [0.25, 0.3) is 11.7 Å². The third-order valence-corrected chi connectivity index (χ3v) is 3.71. The molecule has 0 saturated carbocycles. The molecule has 0 aliphatic carbocycles. The molecular weight excluding hydrogens is 269 g/mol. The topological polar surface area (TPSA) is 37.4 Å². The summed E-state index contributed by atoms with van der Waals surface area (Å²) in [7, 11) is 0. The van der Waals surface area contributed by atoms with E-state index < -0.39 is 17.5 Å². The van der Waals surface area contributed by atoms with Gasteiger partial charge in [0, 0.05) is 0 Å². The normalized spacial score (nSPS) is 13.7. The number of carbonyl (C=O) groups is 2. The Balaban J connectivity index is 1.96. The molecular formula is C17H14FNO2. The Morgan fingerprint density at radius 1 is 1.00 bits per heavy atom. The van der Waals surface area contributed by atoms with Crippen LogP contribution in [0.2, 0.25) is 0 Å². The number of nitrogens with zero attached hydrogens (tertiary/aromatic N) is 1. The molecule has 0 spiro atoms. The van der Waals surface area contributed by atoms with Crippen molar-refractivity contribution in [1.82, 2.24) is 0 Å². The van der Waals surface area contributed by atoms with Gasteiger partial charge in [0.2, 0.25) is 0 Å². The first-order valence-electron chi connectivity index (χ1n) is 6.84. The quantitative estimate of drug-likeness (QED) is 0.812. The highest BCUT2D eigenvalue weighted by Gasteiger charge is 2.37.